The van der Waals surface area contributed by atoms with Crippen molar-refractivity contribution in [1.82, 2.24) is 0 Å². The summed E-state index contributed by atoms with van der Waals surface area (Å²) in [5, 5.41) is 0. The van der Waals surface area contributed by atoms with Crippen molar-refractivity contribution in [2.75, 3.05) is 31.2 Å². The fourth-order valence-corrected chi connectivity index (χ4v) is 3.04. The Labute approximate surface area is 88.7 Å². The van der Waals surface area contributed by atoms with E-state index in [-0.39, 0.29) is 5.79 Å². The molecule has 4 nitrogen and oxygen atoms in total. The summed E-state index contributed by atoms with van der Waals surface area (Å²) in [6.45, 7) is 1.43. The molecule has 0 bridgehead atoms. The maximum absolute atomic E-state index is 5.99. The van der Waals surface area contributed by atoms with Crippen molar-refractivity contribution in [3.05, 3.63) is 0 Å². The highest BCUT2D eigenvalue weighted by atomic mass is 32.2. The van der Waals surface area contributed by atoms with Crippen LogP contribution >= 0.6 is 11.8 Å². The first-order valence-corrected chi connectivity index (χ1v) is 6.22. The van der Waals surface area contributed by atoms with Crippen LogP contribution in [0.1, 0.15) is 12.8 Å². The summed E-state index contributed by atoms with van der Waals surface area (Å²) in [6.07, 6.45) is 1.92. The lowest BCUT2D eigenvalue weighted by Gasteiger charge is -2.34. The Bertz CT molecular complexity index is 203. The number of thioether (sulfide) groups is 1. The van der Waals surface area contributed by atoms with E-state index in [0.29, 0.717) is 19.7 Å². The second-order valence-corrected chi connectivity index (χ2v) is 5.23. The molecule has 82 valence electrons. The van der Waals surface area contributed by atoms with Gasteiger partial charge in [0.25, 0.3) is 0 Å². The van der Waals surface area contributed by atoms with Crippen molar-refractivity contribution in [2.45, 2.75) is 24.2 Å². The zero-order valence-electron chi connectivity index (χ0n) is 8.33. The van der Waals surface area contributed by atoms with Crippen molar-refractivity contribution >= 4 is 11.8 Å². The molecule has 14 heavy (non-hydrogen) atoms. The highest BCUT2D eigenvalue weighted by Crippen LogP contribution is 2.40. The molecule has 2 aliphatic heterocycles. The number of nitrogens with two attached hydrogens (primary N) is 2. The van der Waals surface area contributed by atoms with Gasteiger partial charge < -0.3 is 20.9 Å². The number of rotatable bonds is 2. The molecule has 0 unspecified atom stereocenters. The lowest BCUT2D eigenvalue weighted by Crippen LogP contribution is -2.49. The van der Waals surface area contributed by atoms with Gasteiger partial charge in [0.1, 0.15) is 5.60 Å². The van der Waals surface area contributed by atoms with Gasteiger partial charge in [-0.1, -0.05) is 0 Å². The maximum atomic E-state index is 5.99. The Balaban J connectivity index is 2.04. The van der Waals surface area contributed by atoms with Crippen LogP contribution in [0.5, 0.6) is 0 Å². The Morgan fingerprint density at radius 3 is 2.29 bits per heavy atom. The highest BCUT2D eigenvalue weighted by Gasteiger charge is 2.49. The molecule has 0 radical (unpaired) electrons. The van der Waals surface area contributed by atoms with E-state index in [1.165, 1.54) is 0 Å². The molecule has 0 atom stereocenters. The molecule has 4 N–H and O–H groups in total. The van der Waals surface area contributed by atoms with Crippen LogP contribution in [-0.4, -0.2) is 42.6 Å². The topological polar surface area (TPSA) is 70.5 Å². The van der Waals surface area contributed by atoms with Gasteiger partial charge in [0.15, 0.2) is 5.79 Å². The summed E-state index contributed by atoms with van der Waals surface area (Å²) in [5.41, 5.74) is 10.9. The fraction of sp³-hybridized carbons (Fsp3) is 1.00. The Morgan fingerprint density at radius 2 is 1.79 bits per heavy atom. The molecule has 2 rings (SSSR count). The molecule has 0 aliphatic carbocycles. The average Bonchev–Trinajstić information content (AvgIpc) is 2.60. The molecule has 2 saturated heterocycles. The van der Waals surface area contributed by atoms with E-state index in [1.54, 1.807) is 0 Å². The molecule has 1 spiro atoms. The largest absolute Gasteiger partial charge is 0.347 e. The summed E-state index contributed by atoms with van der Waals surface area (Å²) in [5.74, 6) is 1.83. The van der Waals surface area contributed by atoms with E-state index in [0.717, 1.165) is 24.3 Å². The summed E-state index contributed by atoms with van der Waals surface area (Å²) in [4.78, 5) is 0. The summed E-state index contributed by atoms with van der Waals surface area (Å²) in [6, 6.07) is 0. The van der Waals surface area contributed by atoms with Crippen LogP contribution in [0.4, 0.5) is 0 Å². The van der Waals surface area contributed by atoms with Crippen molar-refractivity contribution in [1.29, 1.82) is 0 Å². The molecule has 0 saturated carbocycles. The highest BCUT2D eigenvalue weighted by molar-refractivity contribution is 7.99. The number of hydrogen-bond donors (Lipinski definition) is 2. The predicted molar refractivity (Wildman–Crippen MR) is 57.2 cm³/mol. The van der Waals surface area contributed by atoms with E-state index in [4.69, 9.17) is 20.9 Å². The van der Waals surface area contributed by atoms with E-state index >= 15 is 0 Å². The second-order valence-electron chi connectivity index (χ2n) is 4.01. The molecule has 5 heteroatoms. The van der Waals surface area contributed by atoms with Crippen LogP contribution in [0.25, 0.3) is 0 Å². The first kappa shape index (κ1) is 10.7. The monoisotopic (exact) mass is 218 g/mol. The molecule has 0 aromatic carbocycles. The first-order valence-electron chi connectivity index (χ1n) is 5.06. The maximum Gasteiger partial charge on any atom is 0.171 e. The molecule has 0 aromatic rings. The van der Waals surface area contributed by atoms with Crippen LogP contribution in [0.15, 0.2) is 0 Å². The third kappa shape index (κ3) is 1.79. The minimum atomic E-state index is -0.429. The molecular formula is C9H18N2O2S. The van der Waals surface area contributed by atoms with Crippen LogP contribution in [0, 0.1) is 0 Å². The second kappa shape index (κ2) is 3.98. The zero-order valence-corrected chi connectivity index (χ0v) is 9.15. The predicted octanol–water partition coefficient (Wildman–Crippen LogP) is -0.0873. The number of hydrogen-bond acceptors (Lipinski definition) is 5. The van der Waals surface area contributed by atoms with E-state index < -0.39 is 5.60 Å². The number of ether oxygens (including phenoxy) is 2. The smallest absolute Gasteiger partial charge is 0.171 e. The van der Waals surface area contributed by atoms with Crippen LogP contribution in [0.3, 0.4) is 0 Å². The van der Waals surface area contributed by atoms with Crippen LogP contribution < -0.4 is 11.5 Å². The molecule has 0 amide bonds. The van der Waals surface area contributed by atoms with Gasteiger partial charge in [0.2, 0.25) is 0 Å². The third-order valence-electron chi connectivity index (χ3n) is 3.00. The molecule has 0 aromatic heterocycles. The Morgan fingerprint density at radius 1 is 1.14 bits per heavy atom. The van der Waals surface area contributed by atoms with Gasteiger partial charge >= 0.3 is 0 Å². The standard InChI is InChI=1S/C9H18N2O2S/c10-5-8(6-11)7-12-9(13-8)1-3-14-4-2-9/h1-7,10-11H2. The Kier molecular flexibility index (Phi) is 3.04. The summed E-state index contributed by atoms with van der Waals surface area (Å²) < 4.78 is 11.8. The van der Waals surface area contributed by atoms with Crippen molar-refractivity contribution < 1.29 is 9.47 Å². The third-order valence-corrected chi connectivity index (χ3v) is 3.98. The minimum Gasteiger partial charge on any atom is -0.347 e. The molecule has 2 aliphatic rings. The van der Waals surface area contributed by atoms with Gasteiger partial charge in [0, 0.05) is 25.9 Å². The van der Waals surface area contributed by atoms with Gasteiger partial charge in [-0.2, -0.15) is 11.8 Å². The van der Waals surface area contributed by atoms with Gasteiger partial charge in [-0.15, -0.1) is 0 Å². The molecular weight excluding hydrogens is 200 g/mol. The van der Waals surface area contributed by atoms with Gasteiger partial charge in [0.05, 0.1) is 6.61 Å². The Hall–Kier alpha value is 0.190. The van der Waals surface area contributed by atoms with Gasteiger partial charge in [-0.3, -0.25) is 0 Å². The van der Waals surface area contributed by atoms with Crippen LogP contribution in [-0.2, 0) is 9.47 Å². The van der Waals surface area contributed by atoms with Crippen LogP contribution in [0.2, 0.25) is 0 Å². The van der Waals surface area contributed by atoms with Gasteiger partial charge in [-0.25, -0.2) is 0 Å². The van der Waals surface area contributed by atoms with E-state index in [1.807, 2.05) is 11.8 Å². The van der Waals surface area contributed by atoms with Crippen molar-refractivity contribution in [3.8, 4) is 0 Å². The molecule has 2 fully saturated rings. The summed E-state index contributed by atoms with van der Waals surface area (Å²) >= 11 is 1.95. The summed E-state index contributed by atoms with van der Waals surface area (Å²) in [7, 11) is 0. The lowest BCUT2D eigenvalue weighted by atomic mass is 10.1. The van der Waals surface area contributed by atoms with Crippen molar-refractivity contribution in [2.24, 2.45) is 11.5 Å². The zero-order chi connectivity index (χ0) is 10.1. The fourth-order valence-electron chi connectivity index (χ4n) is 1.93. The SMILES string of the molecule is NCC1(CN)COC2(CCSCC2)O1. The van der Waals surface area contributed by atoms with Gasteiger partial charge in [-0.05, 0) is 11.5 Å². The average molecular weight is 218 g/mol. The normalized spacial score (nSPS) is 29.6. The van der Waals surface area contributed by atoms with Crippen molar-refractivity contribution in [3.63, 3.8) is 0 Å². The van der Waals surface area contributed by atoms with E-state index in [9.17, 15) is 0 Å². The molecule has 2 heterocycles. The quantitative estimate of drug-likeness (QED) is 0.678. The minimum absolute atomic E-state index is 0.371. The van der Waals surface area contributed by atoms with E-state index in [2.05, 4.69) is 0 Å². The first-order chi connectivity index (χ1) is 6.74. The lowest BCUT2D eigenvalue weighted by molar-refractivity contribution is -0.187.